The van der Waals surface area contributed by atoms with Crippen LogP contribution in [0.2, 0.25) is 0 Å². The zero-order chi connectivity index (χ0) is 32.2. The number of fused-ring (bicyclic) bond motifs is 1. The highest BCUT2D eigenvalue weighted by Crippen LogP contribution is 2.45. The predicted octanol–water partition coefficient (Wildman–Crippen LogP) is 5.30. The Hall–Kier alpha value is -3.00. The Morgan fingerprint density at radius 1 is 1.11 bits per heavy atom. The quantitative estimate of drug-likeness (QED) is 0.352. The number of amides is 3. The van der Waals surface area contributed by atoms with Gasteiger partial charge in [-0.3, -0.25) is 14.4 Å². The summed E-state index contributed by atoms with van der Waals surface area (Å²) < 4.78 is 86.5. The molecule has 14 heteroatoms. The van der Waals surface area contributed by atoms with Crippen molar-refractivity contribution in [2.24, 2.45) is 0 Å². The van der Waals surface area contributed by atoms with E-state index in [0.717, 1.165) is 43.1 Å². The molecule has 246 valence electrons. The highest BCUT2D eigenvalue weighted by molar-refractivity contribution is 6.05. The summed E-state index contributed by atoms with van der Waals surface area (Å²) >= 11 is 0. The number of ether oxygens (including phenoxy) is 3. The molecule has 1 aromatic carbocycles. The lowest BCUT2D eigenvalue weighted by molar-refractivity contribution is -0.188. The van der Waals surface area contributed by atoms with E-state index in [9.17, 15) is 36.3 Å². The minimum atomic E-state index is -4.95. The molecule has 1 N–H and O–H groups in total. The minimum Gasteiger partial charge on any atom is -0.473 e. The second-order valence-electron chi connectivity index (χ2n) is 11.9. The van der Waals surface area contributed by atoms with Crippen LogP contribution in [0.1, 0.15) is 88.1 Å². The van der Waals surface area contributed by atoms with E-state index in [0.29, 0.717) is 31.9 Å². The standard InChI is InChI=1S/C30H40F5N3O6/c1-18(2)38(19-9-5-4-6-10-19)27(40)20-15-22-23(16-21(20)30(33,34)35)44-29(3,17-43-24-11-7-8-14-42-24)28(41)37(22)13-12-36-26(39)25(31)32/h15-16,18-19,24-25H,4-14,17H2,1-3H3,(H,36,39). The molecule has 0 radical (unpaired) electrons. The third-order valence-electron chi connectivity index (χ3n) is 8.23. The number of rotatable bonds is 10. The van der Waals surface area contributed by atoms with E-state index < -0.39 is 65.9 Å². The molecule has 9 nitrogen and oxygen atoms in total. The average molecular weight is 634 g/mol. The zero-order valence-electron chi connectivity index (χ0n) is 25.2. The van der Waals surface area contributed by atoms with Crippen LogP contribution in [0.4, 0.5) is 27.6 Å². The van der Waals surface area contributed by atoms with Crippen molar-refractivity contribution in [2.75, 3.05) is 31.2 Å². The smallest absolute Gasteiger partial charge is 0.417 e. The number of alkyl halides is 5. The van der Waals surface area contributed by atoms with Crippen molar-refractivity contribution < 1.29 is 50.5 Å². The van der Waals surface area contributed by atoms with Crippen LogP contribution >= 0.6 is 0 Å². The molecule has 0 bridgehead atoms. The molecule has 2 unspecified atom stereocenters. The number of hydrogen-bond donors (Lipinski definition) is 1. The van der Waals surface area contributed by atoms with E-state index in [1.807, 2.05) is 5.32 Å². The minimum absolute atomic E-state index is 0.142. The zero-order valence-corrected chi connectivity index (χ0v) is 25.2. The Balaban J connectivity index is 1.75. The maximum atomic E-state index is 14.5. The normalized spacial score (nSPS) is 23.0. The fourth-order valence-electron chi connectivity index (χ4n) is 6.05. The molecular weight excluding hydrogens is 593 g/mol. The number of carbonyl (C=O) groups excluding carboxylic acids is 3. The summed E-state index contributed by atoms with van der Waals surface area (Å²) in [5.41, 5.74) is -3.83. The highest BCUT2D eigenvalue weighted by atomic mass is 19.4. The Kier molecular flexibility index (Phi) is 10.8. The first-order valence-electron chi connectivity index (χ1n) is 15.1. The van der Waals surface area contributed by atoms with Crippen molar-refractivity contribution in [3.05, 3.63) is 23.3 Å². The summed E-state index contributed by atoms with van der Waals surface area (Å²) in [6.45, 7) is 4.10. The maximum Gasteiger partial charge on any atom is 0.417 e. The maximum absolute atomic E-state index is 14.5. The van der Waals surface area contributed by atoms with E-state index >= 15 is 0 Å². The number of benzene rings is 1. The first kappa shape index (κ1) is 33.9. The van der Waals surface area contributed by atoms with Gasteiger partial charge >= 0.3 is 12.6 Å². The number of hydrogen-bond acceptors (Lipinski definition) is 6. The first-order valence-corrected chi connectivity index (χ1v) is 15.1. The van der Waals surface area contributed by atoms with Crippen LogP contribution in [0.5, 0.6) is 5.75 Å². The topological polar surface area (TPSA) is 97.4 Å². The molecule has 44 heavy (non-hydrogen) atoms. The molecule has 1 saturated carbocycles. The molecule has 2 fully saturated rings. The van der Waals surface area contributed by atoms with Crippen molar-refractivity contribution in [3.8, 4) is 5.75 Å². The van der Waals surface area contributed by atoms with E-state index in [1.54, 1.807) is 13.8 Å². The van der Waals surface area contributed by atoms with Crippen LogP contribution in [-0.4, -0.2) is 79.3 Å². The molecule has 2 aliphatic heterocycles. The molecule has 1 saturated heterocycles. The molecule has 4 rings (SSSR count). The molecule has 3 aliphatic rings. The Bertz CT molecular complexity index is 1200. The van der Waals surface area contributed by atoms with Crippen LogP contribution in [0.25, 0.3) is 0 Å². The van der Waals surface area contributed by atoms with Crippen molar-refractivity contribution in [1.29, 1.82) is 0 Å². The summed E-state index contributed by atoms with van der Waals surface area (Å²) in [6, 6.07) is 1.04. The second kappa shape index (κ2) is 14.0. The van der Waals surface area contributed by atoms with Crippen LogP contribution in [0.3, 0.4) is 0 Å². The Labute approximate surface area is 253 Å². The van der Waals surface area contributed by atoms with Crippen molar-refractivity contribution in [1.82, 2.24) is 10.2 Å². The fraction of sp³-hybridized carbons (Fsp3) is 0.700. The third kappa shape index (κ3) is 7.61. The number of anilines is 1. The van der Waals surface area contributed by atoms with Gasteiger partial charge in [0.25, 0.3) is 17.7 Å². The molecule has 1 aromatic rings. The lowest BCUT2D eigenvalue weighted by Crippen LogP contribution is -2.58. The monoisotopic (exact) mass is 633 g/mol. The van der Waals surface area contributed by atoms with Crippen LogP contribution in [0.15, 0.2) is 12.1 Å². The van der Waals surface area contributed by atoms with Gasteiger partial charge in [-0.25, -0.2) is 0 Å². The largest absolute Gasteiger partial charge is 0.473 e. The summed E-state index contributed by atoms with van der Waals surface area (Å²) in [5.74, 6) is -3.46. The van der Waals surface area contributed by atoms with Gasteiger partial charge in [0, 0.05) is 31.8 Å². The van der Waals surface area contributed by atoms with E-state index in [4.69, 9.17) is 14.2 Å². The summed E-state index contributed by atoms with van der Waals surface area (Å²) in [5, 5.41) is 2.01. The SMILES string of the molecule is CC(C)N(C(=O)c1cc2c(cc1C(F)(F)F)OC(C)(COC1CCCCO1)C(=O)N2CCNC(=O)C(F)F)C1CCCCC1. The van der Waals surface area contributed by atoms with Gasteiger partial charge in [-0.15, -0.1) is 0 Å². The lowest BCUT2D eigenvalue weighted by Gasteiger charge is -2.42. The number of halogens is 5. The van der Waals surface area contributed by atoms with Gasteiger partial charge in [-0.05, 0) is 65.0 Å². The summed E-state index contributed by atoms with van der Waals surface area (Å²) in [6.07, 6.45) is -2.64. The van der Waals surface area contributed by atoms with Crippen molar-refractivity contribution in [3.63, 3.8) is 0 Å². The fourth-order valence-corrected chi connectivity index (χ4v) is 6.05. The lowest BCUT2D eigenvalue weighted by atomic mass is 9.92. The molecule has 1 aliphatic carbocycles. The number of nitrogens with one attached hydrogen (secondary N) is 1. The molecule has 0 aromatic heterocycles. The Morgan fingerprint density at radius 3 is 2.39 bits per heavy atom. The van der Waals surface area contributed by atoms with Gasteiger partial charge in [0.1, 0.15) is 5.75 Å². The average Bonchev–Trinajstić information content (AvgIpc) is 2.98. The number of carbonyl (C=O) groups is 3. The van der Waals surface area contributed by atoms with Crippen LogP contribution < -0.4 is 15.0 Å². The molecule has 2 heterocycles. The summed E-state index contributed by atoms with van der Waals surface area (Å²) in [7, 11) is 0. The van der Waals surface area contributed by atoms with E-state index in [-0.39, 0.29) is 30.6 Å². The second-order valence-corrected chi connectivity index (χ2v) is 11.9. The Morgan fingerprint density at radius 2 is 1.80 bits per heavy atom. The van der Waals surface area contributed by atoms with Gasteiger partial charge in [0.15, 0.2) is 6.29 Å². The molecular formula is C30H40F5N3O6. The van der Waals surface area contributed by atoms with E-state index in [1.165, 1.54) is 11.8 Å². The van der Waals surface area contributed by atoms with Gasteiger partial charge < -0.3 is 29.3 Å². The van der Waals surface area contributed by atoms with Crippen LogP contribution in [-0.2, 0) is 25.2 Å². The van der Waals surface area contributed by atoms with Gasteiger partial charge in [0.2, 0.25) is 5.60 Å². The molecule has 2 atom stereocenters. The first-order chi connectivity index (χ1) is 20.7. The van der Waals surface area contributed by atoms with Crippen LogP contribution in [0, 0.1) is 0 Å². The van der Waals surface area contributed by atoms with Gasteiger partial charge in [-0.1, -0.05) is 19.3 Å². The summed E-state index contributed by atoms with van der Waals surface area (Å²) in [4.78, 5) is 41.8. The molecule has 3 amide bonds. The highest BCUT2D eigenvalue weighted by Gasteiger charge is 2.48. The molecule has 0 spiro atoms. The van der Waals surface area contributed by atoms with Crippen molar-refractivity contribution in [2.45, 2.75) is 109 Å². The van der Waals surface area contributed by atoms with Crippen molar-refractivity contribution >= 4 is 23.4 Å². The van der Waals surface area contributed by atoms with Gasteiger partial charge in [-0.2, -0.15) is 22.0 Å². The predicted molar refractivity (Wildman–Crippen MR) is 150 cm³/mol. The third-order valence-corrected chi connectivity index (χ3v) is 8.23. The number of nitrogens with zero attached hydrogens (tertiary/aromatic N) is 2. The van der Waals surface area contributed by atoms with E-state index in [2.05, 4.69) is 0 Å². The van der Waals surface area contributed by atoms with Gasteiger partial charge in [0.05, 0.1) is 23.4 Å².